The van der Waals surface area contributed by atoms with Crippen LogP contribution in [-0.4, -0.2) is 17.7 Å². The van der Waals surface area contributed by atoms with Gasteiger partial charge in [0, 0.05) is 25.0 Å². The highest BCUT2D eigenvalue weighted by atomic mass is 16.5. The normalized spacial score (nSPS) is 10.4. The smallest absolute Gasteiger partial charge is 0.308 e. The Balaban J connectivity index is 2.14. The van der Waals surface area contributed by atoms with Gasteiger partial charge in [-0.25, -0.2) is 0 Å². The number of carbonyl (C=O) groups is 1. The van der Waals surface area contributed by atoms with Crippen LogP contribution in [0.5, 0.6) is 17.2 Å². The molecule has 4 heteroatoms. The molecule has 122 valence electrons. The Hall–Kier alpha value is -2.49. The SMILES string of the molecule is CCCOc1ccc(Cc2c(C)cc(OC(C)=O)cc2O)cc1. The van der Waals surface area contributed by atoms with Crippen LogP contribution >= 0.6 is 0 Å². The molecule has 23 heavy (non-hydrogen) atoms. The first-order valence-electron chi connectivity index (χ1n) is 7.72. The molecule has 0 aliphatic carbocycles. The molecule has 4 nitrogen and oxygen atoms in total. The lowest BCUT2D eigenvalue weighted by Crippen LogP contribution is -2.02. The van der Waals surface area contributed by atoms with Gasteiger partial charge in [-0.15, -0.1) is 0 Å². The number of phenolic OH excluding ortho intramolecular Hbond substituents is 1. The molecule has 0 amide bonds. The van der Waals surface area contributed by atoms with E-state index in [-0.39, 0.29) is 5.75 Å². The summed E-state index contributed by atoms with van der Waals surface area (Å²) >= 11 is 0. The zero-order chi connectivity index (χ0) is 16.8. The number of benzene rings is 2. The summed E-state index contributed by atoms with van der Waals surface area (Å²) in [6.07, 6.45) is 1.58. The van der Waals surface area contributed by atoms with E-state index >= 15 is 0 Å². The zero-order valence-corrected chi connectivity index (χ0v) is 13.8. The van der Waals surface area contributed by atoms with Gasteiger partial charge >= 0.3 is 5.97 Å². The Labute approximate surface area is 136 Å². The van der Waals surface area contributed by atoms with Crippen LogP contribution in [0.2, 0.25) is 0 Å². The predicted octanol–water partition coefficient (Wildman–Crippen LogP) is 4.01. The van der Waals surface area contributed by atoms with Crippen molar-refractivity contribution < 1.29 is 19.4 Å². The van der Waals surface area contributed by atoms with Crippen molar-refractivity contribution in [2.75, 3.05) is 6.61 Å². The molecule has 1 N–H and O–H groups in total. The summed E-state index contributed by atoms with van der Waals surface area (Å²) < 4.78 is 10.6. The van der Waals surface area contributed by atoms with Crippen molar-refractivity contribution in [1.82, 2.24) is 0 Å². The molecule has 0 heterocycles. The minimum Gasteiger partial charge on any atom is -0.508 e. The number of carbonyl (C=O) groups excluding carboxylic acids is 1. The van der Waals surface area contributed by atoms with E-state index in [1.54, 1.807) is 6.07 Å². The standard InChI is InChI=1S/C19H22O4/c1-4-9-22-16-7-5-15(6-8-16)11-18-13(2)10-17(12-19(18)21)23-14(3)20/h5-8,10,12,21H,4,9,11H2,1-3H3. The Morgan fingerprint density at radius 3 is 2.39 bits per heavy atom. The molecule has 2 aromatic carbocycles. The molecule has 0 atom stereocenters. The average Bonchev–Trinajstić information content (AvgIpc) is 2.49. The molecular weight excluding hydrogens is 292 g/mol. The Morgan fingerprint density at radius 1 is 1.13 bits per heavy atom. The number of phenols is 1. The van der Waals surface area contributed by atoms with Gasteiger partial charge in [0.15, 0.2) is 0 Å². The number of rotatable bonds is 6. The molecular formula is C19H22O4. The van der Waals surface area contributed by atoms with E-state index < -0.39 is 5.97 Å². The van der Waals surface area contributed by atoms with E-state index in [2.05, 4.69) is 6.92 Å². The van der Waals surface area contributed by atoms with Crippen molar-refractivity contribution in [3.8, 4) is 17.2 Å². The lowest BCUT2D eigenvalue weighted by molar-refractivity contribution is -0.131. The number of aryl methyl sites for hydroxylation is 1. The van der Waals surface area contributed by atoms with Gasteiger partial charge in [-0.1, -0.05) is 19.1 Å². The van der Waals surface area contributed by atoms with Crippen LogP contribution < -0.4 is 9.47 Å². The third-order valence-corrected chi connectivity index (χ3v) is 3.46. The first kappa shape index (κ1) is 16.9. The molecule has 0 saturated heterocycles. The van der Waals surface area contributed by atoms with E-state index in [9.17, 15) is 9.90 Å². The quantitative estimate of drug-likeness (QED) is 0.646. The van der Waals surface area contributed by atoms with Gasteiger partial charge in [-0.3, -0.25) is 4.79 Å². The van der Waals surface area contributed by atoms with Gasteiger partial charge in [0.1, 0.15) is 17.2 Å². The summed E-state index contributed by atoms with van der Waals surface area (Å²) in [6.45, 7) is 6.00. The summed E-state index contributed by atoms with van der Waals surface area (Å²) in [6, 6.07) is 11.1. The summed E-state index contributed by atoms with van der Waals surface area (Å²) in [5, 5.41) is 10.2. The van der Waals surface area contributed by atoms with E-state index in [0.29, 0.717) is 18.8 Å². The van der Waals surface area contributed by atoms with Crippen LogP contribution in [-0.2, 0) is 11.2 Å². The molecule has 2 aromatic rings. The van der Waals surface area contributed by atoms with Crippen molar-refractivity contribution in [2.45, 2.75) is 33.6 Å². The third-order valence-electron chi connectivity index (χ3n) is 3.46. The van der Waals surface area contributed by atoms with Crippen LogP contribution in [0.4, 0.5) is 0 Å². The minimum atomic E-state index is -0.404. The first-order valence-corrected chi connectivity index (χ1v) is 7.72. The number of esters is 1. The molecule has 0 fully saturated rings. The monoisotopic (exact) mass is 314 g/mol. The van der Waals surface area contributed by atoms with Gasteiger partial charge in [-0.05, 0) is 42.7 Å². The fourth-order valence-corrected chi connectivity index (χ4v) is 2.35. The number of hydrogen-bond acceptors (Lipinski definition) is 4. The Bertz CT molecular complexity index is 651. The van der Waals surface area contributed by atoms with E-state index in [4.69, 9.17) is 9.47 Å². The molecule has 0 spiro atoms. The summed E-state index contributed by atoms with van der Waals surface area (Å²) in [4.78, 5) is 11.0. The fraction of sp³-hybridized carbons (Fsp3) is 0.316. The van der Waals surface area contributed by atoms with Crippen molar-refractivity contribution >= 4 is 5.97 Å². The van der Waals surface area contributed by atoms with E-state index in [0.717, 1.165) is 28.9 Å². The van der Waals surface area contributed by atoms with Crippen LogP contribution in [0.1, 0.15) is 37.0 Å². The van der Waals surface area contributed by atoms with Crippen LogP contribution in [0.3, 0.4) is 0 Å². The highest BCUT2D eigenvalue weighted by Gasteiger charge is 2.10. The molecule has 0 bridgehead atoms. The zero-order valence-electron chi connectivity index (χ0n) is 13.8. The Kier molecular flexibility index (Phi) is 5.63. The topological polar surface area (TPSA) is 55.8 Å². The van der Waals surface area contributed by atoms with Gasteiger partial charge in [0.2, 0.25) is 0 Å². The molecule has 0 aliphatic rings. The second-order valence-corrected chi connectivity index (χ2v) is 5.50. The maximum atomic E-state index is 11.0. The molecule has 2 rings (SSSR count). The molecule has 0 aliphatic heterocycles. The van der Waals surface area contributed by atoms with E-state index in [1.807, 2.05) is 31.2 Å². The number of aromatic hydroxyl groups is 1. The Morgan fingerprint density at radius 2 is 1.83 bits per heavy atom. The second-order valence-electron chi connectivity index (χ2n) is 5.50. The van der Waals surface area contributed by atoms with Crippen LogP contribution in [0.25, 0.3) is 0 Å². The molecule has 0 radical (unpaired) electrons. The third kappa shape index (κ3) is 4.74. The number of hydrogen-bond donors (Lipinski definition) is 1. The minimum absolute atomic E-state index is 0.132. The lowest BCUT2D eigenvalue weighted by Gasteiger charge is -2.12. The summed E-state index contributed by atoms with van der Waals surface area (Å²) in [7, 11) is 0. The molecule has 0 unspecified atom stereocenters. The van der Waals surface area contributed by atoms with Crippen molar-refractivity contribution in [3.05, 3.63) is 53.1 Å². The van der Waals surface area contributed by atoms with Crippen molar-refractivity contribution in [3.63, 3.8) is 0 Å². The molecule has 0 saturated carbocycles. The van der Waals surface area contributed by atoms with Gasteiger partial charge in [0.05, 0.1) is 6.61 Å². The predicted molar refractivity (Wildman–Crippen MR) is 89.2 cm³/mol. The summed E-state index contributed by atoms with van der Waals surface area (Å²) in [5.74, 6) is 0.938. The van der Waals surface area contributed by atoms with Crippen molar-refractivity contribution in [2.24, 2.45) is 0 Å². The average molecular weight is 314 g/mol. The van der Waals surface area contributed by atoms with Crippen LogP contribution in [0, 0.1) is 6.92 Å². The number of ether oxygens (including phenoxy) is 2. The van der Waals surface area contributed by atoms with E-state index in [1.165, 1.54) is 13.0 Å². The molecule has 0 aromatic heterocycles. The maximum absolute atomic E-state index is 11.0. The lowest BCUT2D eigenvalue weighted by atomic mass is 9.99. The highest BCUT2D eigenvalue weighted by Crippen LogP contribution is 2.30. The first-order chi connectivity index (χ1) is 11.0. The highest BCUT2D eigenvalue weighted by molar-refractivity contribution is 5.69. The van der Waals surface area contributed by atoms with Gasteiger partial charge < -0.3 is 14.6 Å². The maximum Gasteiger partial charge on any atom is 0.308 e. The largest absolute Gasteiger partial charge is 0.508 e. The second kappa shape index (κ2) is 7.68. The summed E-state index contributed by atoms with van der Waals surface area (Å²) in [5.41, 5.74) is 2.78. The fourth-order valence-electron chi connectivity index (χ4n) is 2.35. The van der Waals surface area contributed by atoms with Gasteiger partial charge in [-0.2, -0.15) is 0 Å². The van der Waals surface area contributed by atoms with Crippen LogP contribution in [0.15, 0.2) is 36.4 Å². The van der Waals surface area contributed by atoms with Crippen molar-refractivity contribution in [1.29, 1.82) is 0 Å². The van der Waals surface area contributed by atoms with Gasteiger partial charge in [0.25, 0.3) is 0 Å².